The number of hydrazine groups is 1. The molecular weight excluding hydrogens is 285 g/mol. The van der Waals surface area contributed by atoms with Gasteiger partial charge in [-0.15, -0.1) is 0 Å². The maximum absolute atomic E-state index is 6.01. The van der Waals surface area contributed by atoms with Crippen molar-refractivity contribution < 1.29 is 0 Å². The molecule has 0 aliphatic heterocycles. The van der Waals surface area contributed by atoms with Crippen LogP contribution in [0.2, 0.25) is 10.0 Å². The molecule has 0 fully saturated rings. The van der Waals surface area contributed by atoms with Gasteiger partial charge in [0.2, 0.25) is 0 Å². The summed E-state index contributed by atoms with van der Waals surface area (Å²) in [5, 5.41) is 5.21. The molecule has 0 aliphatic carbocycles. The van der Waals surface area contributed by atoms with Gasteiger partial charge >= 0.3 is 0 Å². The summed E-state index contributed by atoms with van der Waals surface area (Å²) in [6.07, 6.45) is 2.18. The van der Waals surface area contributed by atoms with E-state index in [-0.39, 0.29) is 6.04 Å². The number of benzene rings is 1. The number of hydrogen-bond acceptors (Lipinski definition) is 4. The van der Waals surface area contributed by atoms with Gasteiger partial charge in [-0.05, 0) is 31.0 Å². The minimum Gasteiger partial charge on any atom is -0.271 e. The molecular formula is C12H15Cl2N5. The average molecular weight is 300 g/mol. The van der Waals surface area contributed by atoms with Crippen LogP contribution in [0.5, 0.6) is 0 Å². The van der Waals surface area contributed by atoms with Gasteiger partial charge in [-0.2, -0.15) is 5.10 Å². The molecule has 0 amide bonds. The van der Waals surface area contributed by atoms with Crippen molar-refractivity contribution in [2.45, 2.75) is 25.9 Å². The van der Waals surface area contributed by atoms with Crippen LogP contribution in [0.15, 0.2) is 24.5 Å². The second-order valence-electron chi connectivity index (χ2n) is 4.11. The van der Waals surface area contributed by atoms with Crippen molar-refractivity contribution in [3.63, 3.8) is 0 Å². The monoisotopic (exact) mass is 299 g/mol. The van der Waals surface area contributed by atoms with E-state index in [0.717, 1.165) is 17.9 Å². The van der Waals surface area contributed by atoms with Crippen LogP contribution in [0.4, 0.5) is 0 Å². The van der Waals surface area contributed by atoms with Crippen LogP contribution in [0.25, 0.3) is 0 Å². The zero-order valence-corrected chi connectivity index (χ0v) is 12.0. The highest BCUT2D eigenvalue weighted by atomic mass is 35.5. The van der Waals surface area contributed by atoms with Gasteiger partial charge in [0.25, 0.3) is 0 Å². The summed E-state index contributed by atoms with van der Waals surface area (Å²) in [5.74, 6) is 6.42. The SMILES string of the molecule is CCn1ncnc1C(Cc1ccc(Cl)c(Cl)c1)NN. The van der Waals surface area contributed by atoms with E-state index in [1.54, 1.807) is 6.07 Å². The first-order valence-electron chi connectivity index (χ1n) is 5.93. The summed E-state index contributed by atoms with van der Waals surface area (Å²) in [6, 6.07) is 5.41. The predicted octanol–water partition coefficient (Wildman–Crippen LogP) is 2.35. The van der Waals surface area contributed by atoms with Crippen LogP contribution in [-0.2, 0) is 13.0 Å². The third-order valence-electron chi connectivity index (χ3n) is 2.88. The molecule has 1 heterocycles. The predicted molar refractivity (Wildman–Crippen MR) is 75.9 cm³/mol. The fraction of sp³-hybridized carbons (Fsp3) is 0.333. The maximum Gasteiger partial charge on any atom is 0.145 e. The third-order valence-corrected chi connectivity index (χ3v) is 3.62. The Hall–Kier alpha value is -1.14. The summed E-state index contributed by atoms with van der Waals surface area (Å²) in [4.78, 5) is 4.24. The van der Waals surface area contributed by atoms with Gasteiger partial charge in [0.05, 0.1) is 16.1 Å². The van der Waals surface area contributed by atoms with E-state index >= 15 is 0 Å². The largest absolute Gasteiger partial charge is 0.271 e. The van der Waals surface area contributed by atoms with E-state index in [2.05, 4.69) is 15.5 Å². The lowest BCUT2D eigenvalue weighted by Gasteiger charge is -2.16. The highest BCUT2D eigenvalue weighted by Gasteiger charge is 2.17. The van der Waals surface area contributed by atoms with Crippen molar-refractivity contribution >= 4 is 23.2 Å². The van der Waals surface area contributed by atoms with Gasteiger partial charge in [0.1, 0.15) is 12.2 Å². The first-order chi connectivity index (χ1) is 9.15. The molecule has 1 unspecified atom stereocenters. The standard InChI is InChI=1S/C12H15Cl2N5/c1-2-19-12(16-7-17-19)11(18-15)6-8-3-4-9(13)10(14)5-8/h3-5,7,11,18H,2,6,15H2,1H3. The first-order valence-corrected chi connectivity index (χ1v) is 6.69. The van der Waals surface area contributed by atoms with Crippen LogP contribution >= 0.6 is 23.2 Å². The van der Waals surface area contributed by atoms with Gasteiger partial charge in [-0.3, -0.25) is 5.84 Å². The Kier molecular flexibility index (Phi) is 4.76. The smallest absolute Gasteiger partial charge is 0.145 e. The van der Waals surface area contributed by atoms with E-state index in [1.165, 1.54) is 6.33 Å². The van der Waals surface area contributed by atoms with Crippen LogP contribution in [-0.4, -0.2) is 14.8 Å². The van der Waals surface area contributed by atoms with Crippen LogP contribution in [0.3, 0.4) is 0 Å². The van der Waals surface area contributed by atoms with Gasteiger partial charge in [-0.25, -0.2) is 15.1 Å². The Balaban J connectivity index is 2.21. The zero-order chi connectivity index (χ0) is 13.8. The Labute approximate surface area is 121 Å². The summed E-state index contributed by atoms with van der Waals surface area (Å²) < 4.78 is 1.81. The number of hydrogen-bond donors (Lipinski definition) is 2. The molecule has 1 atom stereocenters. The summed E-state index contributed by atoms with van der Waals surface area (Å²) in [7, 11) is 0. The topological polar surface area (TPSA) is 68.8 Å². The van der Waals surface area contributed by atoms with E-state index in [0.29, 0.717) is 16.5 Å². The van der Waals surface area contributed by atoms with Crippen molar-refractivity contribution in [2.24, 2.45) is 5.84 Å². The fourth-order valence-corrected chi connectivity index (χ4v) is 2.23. The van der Waals surface area contributed by atoms with Crippen molar-refractivity contribution in [2.75, 3.05) is 0 Å². The number of aryl methyl sites for hydroxylation is 1. The van der Waals surface area contributed by atoms with E-state index in [4.69, 9.17) is 29.0 Å². The normalized spacial score (nSPS) is 12.6. The zero-order valence-electron chi connectivity index (χ0n) is 10.5. The Bertz CT molecular complexity index is 555. The number of nitrogens with two attached hydrogens (primary N) is 1. The lowest BCUT2D eigenvalue weighted by Crippen LogP contribution is -2.32. The molecule has 0 radical (unpaired) electrons. The van der Waals surface area contributed by atoms with Gasteiger partial charge in [-0.1, -0.05) is 29.3 Å². The number of nitrogens with zero attached hydrogens (tertiary/aromatic N) is 3. The van der Waals surface area contributed by atoms with Crippen molar-refractivity contribution in [1.82, 2.24) is 20.2 Å². The van der Waals surface area contributed by atoms with E-state index < -0.39 is 0 Å². The Morgan fingerprint density at radius 3 is 2.79 bits per heavy atom. The first kappa shape index (κ1) is 14.3. The second kappa shape index (κ2) is 6.34. The second-order valence-corrected chi connectivity index (χ2v) is 4.92. The molecule has 0 saturated carbocycles. The quantitative estimate of drug-likeness (QED) is 0.657. The molecule has 1 aromatic carbocycles. The van der Waals surface area contributed by atoms with Crippen molar-refractivity contribution in [1.29, 1.82) is 0 Å². The highest BCUT2D eigenvalue weighted by Crippen LogP contribution is 2.25. The average Bonchev–Trinajstić information content (AvgIpc) is 2.88. The summed E-state index contributed by atoms with van der Waals surface area (Å²) >= 11 is 11.9. The van der Waals surface area contributed by atoms with Gasteiger partial charge in [0.15, 0.2) is 0 Å². The lowest BCUT2D eigenvalue weighted by atomic mass is 10.1. The molecule has 0 spiro atoms. The van der Waals surface area contributed by atoms with Crippen LogP contribution < -0.4 is 11.3 Å². The molecule has 2 aromatic rings. The molecule has 1 aromatic heterocycles. The van der Waals surface area contributed by atoms with Gasteiger partial charge < -0.3 is 0 Å². The number of rotatable bonds is 5. The maximum atomic E-state index is 6.01. The fourth-order valence-electron chi connectivity index (χ4n) is 1.91. The molecule has 0 bridgehead atoms. The summed E-state index contributed by atoms with van der Waals surface area (Å²) in [6.45, 7) is 2.75. The number of nitrogens with one attached hydrogen (secondary N) is 1. The minimum atomic E-state index is -0.125. The third kappa shape index (κ3) is 3.25. The number of halogens is 2. The van der Waals surface area contributed by atoms with Gasteiger partial charge in [0, 0.05) is 6.54 Å². The molecule has 2 rings (SSSR count). The molecule has 0 saturated heterocycles. The lowest BCUT2D eigenvalue weighted by molar-refractivity contribution is 0.479. The van der Waals surface area contributed by atoms with E-state index in [9.17, 15) is 0 Å². The molecule has 7 heteroatoms. The van der Waals surface area contributed by atoms with Crippen molar-refractivity contribution in [3.05, 3.63) is 46.0 Å². The van der Waals surface area contributed by atoms with Crippen LogP contribution in [0.1, 0.15) is 24.4 Å². The minimum absolute atomic E-state index is 0.125. The Morgan fingerprint density at radius 2 is 2.16 bits per heavy atom. The highest BCUT2D eigenvalue weighted by molar-refractivity contribution is 6.42. The molecule has 3 N–H and O–H groups in total. The molecule has 5 nitrogen and oxygen atoms in total. The molecule has 19 heavy (non-hydrogen) atoms. The number of aromatic nitrogens is 3. The van der Waals surface area contributed by atoms with E-state index in [1.807, 2.05) is 23.7 Å². The Morgan fingerprint density at radius 1 is 1.37 bits per heavy atom. The van der Waals surface area contributed by atoms with Crippen molar-refractivity contribution in [3.8, 4) is 0 Å². The summed E-state index contributed by atoms with van der Waals surface area (Å²) in [5.41, 5.74) is 3.79. The molecule has 0 aliphatic rings. The van der Waals surface area contributed by atoms with Crippen LogP contribution in [0, 0.1) is 0 Å². The molecule has 102 valence electrons.